The average Bonchev–Trinajstić information content (AvgIpc) is 2.77. The number of carbonyl (C=O) groups excluding carboxylic acids is 1. The Bertz CT molecular complexity index is 1020. The number of amides is 1. The van der Waals surface area contributed by atoms with E-state index in [4.69, 9.17) is 4.74 Å². The summed E-state index contributed by atoms with van der Waals surface area (Å²) in [5.74, 6) is 1.12. The number of carbonyl (C=O) groups is 1. The molecule has 1 aliphatic heterocycles. The molecule has 12 heteroatoms. The number of nitrogens with zero attached hydrogens (tertiary/aromatic N) is 6. The third-order valence-corrected chi connectivity index (χ3v) is 6.48. The summed E-state index contributed by atoms with van der Waals surface area (Å²) >= 11 is 0. The van der Waals surface area contributed by atoms with Crippen LogP contribution in [0.4, 0.5) is 11.9 Å². The number of nitrogens with one attached hydrogen (secondary N) is 1. The number of sulfonamides is 1. The van der Waals surface area contributed by atoms with Gasteiger partial charge >= 0.3 is 0 Å². The van der Waals surface area contributed by atoms with Gasteiger partial charge in [0.2, 0.25) is 21.9 Å². The first-order valence-electron chi connectivity index (χ1n) is 9.74. The topological polar surface area (TPSA) is 121 Å². The molecular weight excluding hydrogens is 422 g/mol. The molecule has 3 rings (SSSR count). The summed E-state index contributed by atoms with van der Waals surface area (Å²) in [5, 5.41) is 2.78. The summed E-state index contributed by atoms with van der Waals surface area (Å²) in [6.07, 6.45) is 0. The number of rotatable bonds is 7. The van der Waals surface area contributed by atoms with Crippen LogP contribution in [0.25, 0.3) is 0 Å². The molecule has 1 aliphatic rings. The Hall–Kier alpha value is -2.83. The van der Waals surface area contributed by atoms with Gasteiger partial charge in [-0.2, -0.15) is 15.0 Å². The summed E-state index contributed by atoms with van der Waals surface area (Å²) in [6.45, 7) is 2.69. The van der Waals surface area contributed by atoms with E-state index in [9.17, 15) is 13.2 Å². The number of hydrogen-bond donors (Lipinski definition) is 1. The van der Waals surface area contributed by atoms with Crippen molar-refractivity contribution in [3.05, 3.63) is 35.7 Å². The van der Waals surface area contributed by atoms with Crippen LogP contribution in [0.3, 0.4) is 0 Å². The molecule has 168 valence electrons. The largest absolute Gasteiger partial charge is 0.378 e. The van der Waals surface area contributed by atoms with Gasteiger partial charge in [0.25, 0.3) is 5.91 Å². The predicted octanol–water partition coefficient (Wildman–Crippen LogP) is -0.0455. The first-order chi connectivity index (χ1) is 14.7. The van der Waals surface area contributed by atoms with Crippen LogP contribution < -0.4 is 15.1 Å². The van der Waals surface area contributed by atoms with Gasteiger partial charge in [0, 0.05) is 46.8 Å². The lowest BCUT2D eigenvalue weighted by atomic mass is 10.2. The second-order valence-electron chi connectivity index (χ2n) is 7.34. The van der Waals surface area contributed by atoms with E-state index in [1.807, 2.05) is 19.0 Å². The minimum atomic E-state index is -3.55. The van der Waals surface area contributed by atoms with Crippen LogP contribution in [0, 0.1) is 0 Å². The van der Waals surface area contributed by atoms with E-state index >= 15 is 0 Å². The summed E-state index contributed by atoms with van der Waals surface area (Å²) in [4.78, 5) is 29.8. The van der Waals surface area contributed by atoms with Gasteiger partial charge in [-0.3, -0.25) is 4.79 Å². The summed E-state index contributed by atoms with van der Waals surface area (Å²) in [7, 11) is 3.04. The van der Waals surface area contributed by atoms with Crippen molar-refractivity contribution in [2.75, 3.05) is 64.3 Å². The van der Waals surface area contributed by atoms with Crippen molar-refractivity contribution in [3.63, 3.8) is 0 Å². The molecule has 0 saturated carbocycles. The van der Waals surface area contributed by atoms with Crippen LogP contribution in [-0.4, -0.2) is 88.1 Å². The molecular formula is C19H27N7O4S. The Morgan fingerprint density at radius 3 is 2.29 bits per heavy atom. The fraction of sp³-hybridized carbons (Fsp3) is 0.474. The zero-order chi connectivity index (χ0) is 22.6. The fourth-order valence-electron chi connectivity index (χ4n) is 2.83. The van der Waals surface area contributed by atoms with E-state index in [-0.39, 0.29) is 17.3 Å². The Balaban J connectivity index is 1.72. The standard InChI is InChI=1S/C19H27N7O4S/c1-24(2)18-21-16(22-19(23-18)26-9-11-30-12-10-26)13-20-17(27)14-5-7-15(8-6-14)31(28,29)25(3)4/h5-8H,9-13H2,1-4H3,(H,20,27). The Morgan fingerprint density at radius 2 is 1.71 bits per heavy atom. The van der Waals surface area contributed by atoms with Gasteiger partial charge in [0.05, 0.1) is 24.7 Å². The second kappa shape index (κ2) is 9.54. The Kier molecular flexibility index (Phi) is 7.03. The lowest BCUT2D eigenvalue weighted by Crippen LogP contribution is -2.38. The molecule has 0 bridgehead atoms. The molecule has 1 amide bonds. The first-order valence-corrected chi connectivity index (χ1v) is 11.2. The molecule has 31 heavy (non-hydrogen) atoms. The number of hydrogen-bond acceptors (Lipinski definition) is 9. The molecule has 1 aromatic carbocycles. The maximum atomic E-state index is 12.5. The van der Waals surface area contributed by atoms with Crippen LogP contribution in [0.1, 0.15) is 16.2 Å². The Labute approximate surface area is 182 Å². The second-order valence-corrected chi connectivity index (χ2v) is 9.49. The first kappa shape index (κ1) is 22.8. The molecule has 11 nitrogen and oxygen atoms in total. The summed E-state index contributed by atoms with van der Waals surface area (Å²) < 4.78 is 30.8. The highest BCUT2D eigenvalue weighted by atomic mass is 32.2. The van der Waals surface area contributed by atoms with E-state index in [1.165, 1.54) is 38.4 Å². The van der Waals surface area contributed by atoms with Crippen LogP contribution >= 0.6 is 0 Å². The van der Waals surface area contributed by atoms with Gasteiger partial charge in [-0.1, -0.05) is 0 Å². The number of benzene rings is 1. The van der Waals surface area contributed by atoms with Crippen molar-refractivity contribution in [1.82, 2.24) is 24.6 Å². The van der Waals surface area contributed by atoms with E-state index < -0.39 is 10.0 Å². The molecule has 2 aromatic rings. The van der Waals surface area contributed by atoms with E-state index in [0.29, 0.717) is 49.6 Å². The molecule has 1 fully saturated rings. The van der Waals surface area contributed by atoms with Crippen molar-refractivity contribution >= 4 is 27.8 Å². The maximum absolute atomic E-state index is 12.5. The summed E-state index contributed by atoms with van der Waals surface area (Å²) in [5.41, 5.74) is 0.341. The van der Waals surface area contributed by atoms with Crippen LogP contribution in [-0.2, 0) is 21.3 Å². The number of anilines is 2. The minimum Gasteiger partial charge on any atom is -0.378 e. The third-order valence-electron chi connectivity index (χ3n) is 4.65. The minimum absolute atomic E-state index is 0.108. The molecule has 0 spiro atoms. The summed E-state index contributed by atoms with van der Waals surface area (Å²) in [6, 6.07) is 5.77. The van der Waals surface area contributed by atoms with Gasteiger partial charge in [-0.15, -0.1) is 0 Å². The number of aromatic nitrogens is 3. The average molecular weight is 450 g/mol. The quantitative estimate of drug-likeness (QED) is 0.620. The SMILES string of the molecule is CN(C)c1nc(CNC(=O)c2ccc(S(=O)(=O)N(C)C)cc2)nc(N2CCOCC2)n1. The van der Waals surface area contributed by atoms with Gasteiger partial charge in [-0.25, -0.2) is 12.7 Å². The zero-order valence-electron chi connectivity index (χ0n) is 18.1. The van der Waals surface area contributed by atoms with Gasteiger partial charge < -0.3 is 19.9 Å². The molecule has 0 atom stereocenters. The lowest BCUT2D eigenvalue weighted by molar-refractivity contribution is 0.0949. The predicted molar refractivity (Wildman–Crippen MR) is 116 cm³/mol. The van der Waals surface area contributed by atoms with E-state index in [2.05, 4.69) is 20.3 Å². The van der Waals surface area contributed by atoms with Crippen molar-refractivity contribution in [1.29, 1.82) is 0 Å². The molecule has 2 heterocycles. The van der Waals surface area contributed by atoms with Crippen molar-refractivity contribution < 1.29 is 17.9 Å². The van der Waals surface area contributed by atoms with Crippen LogP contribution in [0.2, 0.25) is 0 Å². The normalized spacial score (nSPS) is 14.5. The van der Waals surface area contributed by atoms with E-state index in [0.717, 1.165) is 4.31 Å². The van der Waals surface area contributed by atoms with Crippen LogP contribution in [0.5, 0.6) is 0 Å². The third kappa shape index (κ3) is 5.46. The van der Waals surface area contributed by atoms with Crippen molar-refractivity contribution in [2.45, 2.75) is 11.4 Å². The van der Waals surface area contributed by atoms with Crippen molar-refractivity contribution in [2.24, 2.45) is 0 Å². The molecule has 1 N–H and O–H groups in total. The number of ether oxygens (including phenoxy) is 1. The van der Waals surface area contributed by atoms with Crippen LogP contribution in [0.15, 0.2) is 29.2 Å². The lowest BCUT2D eigenvalue weighted by Gasteiger charge is -2.27. The zero-order valence-corrected chi connectivity index (χ0v) is 18.9. The van der Waals surface area contributed by atoms with Gasteiger partial charge in [-0.05, 0) is 24.3 Å². The molecule has 0 unspecified atom stereocenters. The van der Waals surface area contributed by atoms with Gasteiger partial charge in [0.1, 0.15) is 0 Å². The number of morpholine rings is 1. The van der Waals surface area contributed by atoms with E-state index in [1.54, 1.807) is 4.90 Å². The monoisotopic (exact) mass is 449 g/mol. The molecule has 0 aliphatic carbocycles. The van der Waals surface area contributed by atoms with Crippen molar-refractivity contribution in [3.8, 4) is 0 Å². The Morgan fingerprint density at radius 1 is 1.06 bits per heavy atom. The molecule has 0 radical (unpaired) electrons. The fourth-order valence-corrected chi connectivity index (χ4v) is 3.73. The smallest absolute Gasteiger partial charge is 0.251 e. The highest BCUT2D eigenvalue weighted by Gasteiger charge is 2.19. The highest BCUT2D eigenvalue weighted by molar-refractivity contribution is 7.89. The van der Waals surface area contributed by atoms with Gasteiger partial charge in [0.15, 0.2) is 5.82 Å². The maximum Gasteiger partial charge on any atom is 0.251 e. The highest BCUT2D eigenvalue weighted by Crippen LogP contribution is 2.16. The molecule has 1 saturated heterocycles. The molecule has 1 aromatic heterocycles.